The molecule has 0 aliphatic carbocycles. The fourth-order valence-corrected chi connectivity index (χ4v) is 2.64. The van der Waals surface area contributed by atoms with Crippen molar-refractivity contribution in [1.82, 2.24) is 0 Å². The molecule has 22 heavy (non-hydrogen) atoms. The van der Waals surface area contributed by atoms with Crippen LogP contribution in [0.4, 0.5) is 10.1 Å². The molecule has 2 rings (SSSR count). The van der Waals surface area contributed by atoms with Crippen molar-refractivity contribution < 1.29 is 17.9 Å². The maximum Gasteiger partial charge on any atom is 0.175 e. The molecule has 0 fully saturated rings. The second-order valence-electron chi connectivity index (χ2n) is 5.43. The van der Waals surface area contributed by atoms with Crippen molar-refractivity contribution in [3.63, 3.8) is 0 Å². The Morgan fingerprint density at radius 2 is 1.64 bits per heavy atom. The van der Waals surface area contributed by atoms with Crippen molar-refractivity contribution in [2.75, 3.05) is 18.1 Å². The summed E-state index contributed by atoms with van der Waals surface area (Å²) in [6, 6.07) is 11.9. The van der Waals surface area contributed by atoms with Crippen LogP contribution in [-0.4, -0.2) is 26.3 Å². The molecule has 4 nitrogen and oxygen atoms in total. The zero-order valence-electron chi connectivity index (χ0n) is 12.4. The van der Waals surface area contributed by atoms with Crippen molar-refractivity contribution in [2.45, 2.75) is 17.4 Å². The van der Waals surface area contributed by atoms with Crippen molar-refractivity contribution in [3.05, 3.63) is 59.9 Å². The van der Waals surface area contributed by atoms with Crippen LogP contribution in [0.2, 0.25) is 0 Å². The van der Waals surface area contributed by atoms with Gasteiger partial charge in [-0.2, -0.15) is 0 Å². The SMILES string of the molecule is CC(O)(CNc1ccc(S(C)(=O)=O)cc1)c1ccc(F)cc1. The highest BCUT2D eigenvalue weighted by Gasteiger charge is 2.22. The predicted molar refractivity (Wildman–Crippen MR) is 84.0 cm³/mol. The van der Waals surface area contributed by atoms with Crippen molar-refractivity contribution in [3.8, 4) is 0 Å². The number of benzene rings is 2. The van der Waals surface area contributed by atoms with Crippen LogP contribution in [0.1, 0.15) is 12.5 Å². The Kier molecular flexibility index (Phi) is 4.53. The van der Waals surface area contributed by atoms with Gasteiger partial charge in [0.1, 0.15) is 11.4 Å². The molecule has 0 aromatic heterocycles. The first-order valence-corrected chi connectivity index (χ1v) is 8.60. The Bertz CT molecular complexity index is 738. The highest BCUT2D eigenvalue weighted by molar-refractivity contribution is 7.90. The first-order chi connectivity index (χ1) is 10.2. The number of sulfone groups is 1. The fourth-order valence-electron chi connectivity index (χ4n) is 2.01. The molecule has 0 saturated carbocycles. The van der Waals surface area contributed by atoms with Gasteiger partial charge in [-0.15, -0.1) is 0 Å². The number of aliphatic hydroxyl groups is 1. The lowest BCUT2D eigenvalue weighted by Gasteiger charge is -2.25. The van der Waals surface area contributed by atoms with Crippen LogP contribution in [-0.2, 0) is 15.4 Å². The van der Waals surface area contributed by atoms with E-state index in [1.54, 1.807) is 19.1 Å². The molecular weight excluding hydrogens is 305 g/mol. The van der Waals surface area contributed by atoms with Gasteiger partial charge in [-0.3, -0.25) is 0 Å². The Labute approximate surface area is 129 Å². The maximum absolute atomic E-state index is 12.9. The van der Waals surface area contributed by atoms with Crippen LogP contribution in [0, 0.1) is 5.82 Å². The van der Waals surface area contributed by atoms with E-state index in [1.807, 2.05) is 0 Å². The average molecular weight is 323 g/mol. The molecule has 1 unspecified atom stereocenters. The lowest BCUT2D eigenvalue weighted by atomic mass is 9.96. The first-order valence-electron chi connectivity index (χ1n) is 6.71. The summed E-state index contributed by atoms with van der Waals surface area (Å²) in [7, 11) is -3.22. The quantitative estimate of drug-likeness (QED) is 0.887. The van der Waals surface area contributed by atoms with Gasteiger partial charge >= 0.3 is 0 Å². The van der Waals surface area contributed by atoms with Crippen molar-refractivity contribution >= 4 is 15.5 Å². The molecule has 0 heterocycles. The maximum atomic E-state index is 12.9. The molecule has 0 bridgehead atoms. The van der Waals surface area contributed by atoms with Gasteiger partial charge < -0.3 is 10.4 Å². The van der Waals surface area contributed by atoms with E-state index < -0.39 is 15.4 Å². The highest BCUT2D eigenvalue weighted by Crippen LogP contribution is 2.22. The Morgan fingerprint density at radius 1 is 1.09 bits per heavy atom. The van der Waals surface area contributed by atoms with E-state index in [0.717, 1.165) is 6.26 Å². The lowest BCUT2D eigenvalue weighted by Crippen LogP contribution is -2.30. The Balaban J connectivity index is 2.07. The van der Waals surface area contributed by atoms with Crippen molar-refractivity contribution in [1.29, 1.82) is 0 Å². The summed E-state index contributed by atoms with van der Waals surface area (Å²) in [5, 5.41) is 13.5. The standard InChI is InChI=1S/C16H18FNO3S/c1-16(19,12-3-5-13(17)6-4-12)11-18-14-7-9-15(10-8-14)22(2,20)21/h3-10,18-19H,11H2,1-2H3. The van der Waals surface area contributed by atoms with Gasteiger partial charge in [0.15, 0.2) is 9.84 Å². The zero-order chi connectivity index (χ0) is 16.4. The van der Waals surface area contributed by atoms with E-state index in [9.17, 15) is 17.9 Å². The van der Waals surface area contributed by atoms with Crippen LogP contribution in [0.15, 0.2) is 53.4 Å². The summed E-state index contributed by atoms with van der Waals surface area (Å²) in [6.45, 7) is 1.83. The number of halogens is 1. The molecule has 0 saturated heterocycles. The Morgan fingerprint density at radius 3 is 2.14 bits per heavy atom. The van der Waals surface area contributed by atoms with Crippen LogP contribution >= 0.6 is 0 Å². The van der Waals surface area contributed by atoms with Gasteiger partial charge in [-0.1, -0.05) is 12.1 Å². The Hall–Kier alpha value is -1.92. The second-order valence-corrected chi connectivity index (χ2v) is 7.45. The first kappa shape index (κ1) is 16.5. The number of nitrogens with one attached hydrogen (secondary N) is 1. The normalized spacial score (nSPS) is 14.4. The van der Waals surface area contributed by atoms with Crippen LogP contribution < -0.4 is 5.32 Å². The summed E-state index contributed by atoms with van der Waals surface area (Å²) in [6.07, 6.45) is 1.15. The molecule has 0 amide bonds. The topological polar surface area (TPSA) is 66.4 Å². The van der Waals surface area contributed by atoms with Crippen LogP contribution in [0.3, 0.4) is 0 Å². The molecule has 1 atom stereocenters. The summed E-state index contributed by atoms with van der Waals surface area (Å²) >= 11 is 0. The molecule has 0 aliphatic rings. The molecule has 2 N–H and O–H groups in total. The predicted octanol–water partition coefficient (Wildman–Crippen LogP) is 2.55. The fraction of sp³-hybridized carbons (Fsp3) is 0.250. The molecular formula is C16H18FNO3S. The largest absolute Gasteiger partial charge is 0.384 e. The molecule has 0 spiro atoms. The van der Waals surface area contributed by atoms with Crippen LogP contribution in [0.5, 0.6) is 0 Å². The number of rotatable bonds is 5. The van der Waals surface area contributed by atoms with Gasteiger partial charge in [0, 0.05) is 18.5 Å². The second kappa shape index (κ2) is 6.06. The summed E-state index contributed by atoms with van der Waals surface area (Å²) in [5.74, 6) is -0.358. The molecule has 0 aliphatic heterocycles. The van der Waals surface area contributed by atoms with Gasteiger partial charge in [-0.05, 0) is 48.9 Å². The molecule has 0 radical (unpaired) electrons. The van der Waals surface area contributed by atoms with Crippen molar-refractivity contribution in [2.24, 2.45) is 0 Å². The van der Waals surface area contributed by atoms with Gasteiger partial charge in [0.25, 0.3) is 0 Å². The number of anilines is 1. The third-order valence-corrected chi connectivity index (χ3v) is 4.51. The van der Waals surface area contributed by atoms with E-state index in [4.69, 9.17) is 0 Å². The molecule has 2 aromatic rings. The molecule has 2 aromatic carbocycles. The van der Waals surface area contributed by atoms with E-state index in [1.165, 1.54) is 36.4 Å². The summed E-state index contributed by atoms with van der Waals surface area (Å²) < 4.78 is 35.7. The smallest absolute Gasteiger partial charge is 0.175 e. The minimum absolute atomic E-state index is 0.205. The number of hydrogen-bond donors (Lipinski definition) is 2. The van der Waals surface area contributed by atoms with E-state index in [2.05, 4.69) is 5.32 Å². The summed E-state index contributed by atoms with van der Waals surface area (Å²) in [5.41, 5.74) is 0.104. The third-order valence-electron chi connectivity index (χ3n) is 3.39. The van der Waals surface area contributed by atoms with E-state index in [-0.39, 0.29) is 17.3 Å². The monoisotopic (exact) mass is 323 g/mol. The highest BCUT2D eigenvalue weighted by atomic mass is 32.2. The third kappa shape index (κ3) is 4.05. The van der Waals surface area contributed by atoms with Gasteiger partial charge in [-0.25, -0.2) is 12.8 Å². The van der Waals surface area contributed by atoms with Crippen LogP contribution in [0.25, 0.3) is 0 Å². The van der Waals surface area contributed by atoms with E-state index >= 15 is 0 Å². The number of hydrogen-bond acceptors (Lipinski definition) is 4. The minimum Gasteiger partial charge on any atom is -0.384 e. The summed E-state index contributed by atoms with van der Waals surface area (Å²) in [4.78, 5) is 0.239. The lowest BCUT2D eigenvalue weighted by molar-refractivity contribution is 0.0714. The van der Waals surface area contributed by atoms with Gasteiger partial charge in [0.05, 0.1) is 4.90 Å². The van der Waals surface area contributed by atoms with Gasteiger partial charge in [0.2, 0.25) is 0 Å². The molecule has 118 valence electrons. The molecule has 6 heteroatoms. The zero-order valence-corrected chi connectivity index (χ0v) is 13.2. The minimum atomic E-state index is -3.22. The van der Waals surface area contributed by atoms with E-state index in [0.29, 0.717) is 11.3 Å². The average Bonchev–Trinajstić information content (AvgIpc) is 2.45.